The minimum atomic E-state index is 0.596. The van der Waals surface area contributed by atoms with Crippen molar-refractivity contribution in [2.24, 2.45) is 0 Å². The van der Waals surface area contributed by atoms with Crippen molar-refractivity contribution in [3.05, 3.63) is 10.3 Å². The van der Waals surface area contributed by atoms with E-state index in [9.17, 15) is 0 Å². The van der Waals surface area contributed by atoms with Crippen molar-refractivity contribution < 1.29 is 9.47 Å². The lowest BCUT2D eigenvalue weighted by Crippen LogP contribution is -2.14. The first-order valence-corrected chi connectivity index (χ1v) is 4.13. The largest absolute Gasteiger partial charge is 0.485 e. The Balaban J connectivity index is 2.48. The van der Waals surface area contributed by atoms with Gasteiger partial charge < -0.3 is 9.47 Å². The molecule has 0 radical (unpaired) electrons. The summed E-state index contributed by atoms with van der Waals surface area (Å²) in [4.78, 5) is 0.819. The molecule has 0 bridgehead atoms. The van der Waals surface area contributed by atoms with Crippen molar-refractivity contribution in [3.63, 3.8) is 0 Å². The summed E-state index contributed by atoms with van der Waals surface area (Å²) in [6, 6.07) is 0. The van der Waals surface area contributed by atoms with Crippen molar-refractivity contribution in [1.82, 2.24) is 0 Å². The summed E-state index contributed by atoms with van der Waals surface area (Å²) in [7, 11) is 0. The number of terminal acetylenes is 1. The highest BCUT2D eigenvalue weighted by atomic mass is 32.1. The Hall–Kier alpha value is -1.14. The van der Waals surface area contributed by atoms with Crippen molar-refractivity contribution >= 4 is 11.3 Å². The zero-order chi connectivity index (χ0) is 7.68. The molecule has 1 aliphatic heterocycles. The number of thiophene rings is 1. The van der Waals surface area contributed by atoms with Gasteiger partial charge in [0.25, 0.3) is 0 Å². The van der Waals surface area contributed by atoms with E-state index in [1.54, 1.807) is 0 Å². The van der Waals surface area contributed by atoms with E-state index in [0.29, 0.717) is 13.2 Å². The van der Waals surface area contributed by atoms with Crippen molar-refractivity contribution in [2.45, 2.75) is 0 Å². The summed E-state index contributed by atoms with van der Waals surface area (Å²) in [5.41, 5.74) is 0. The van der Waals surface area contributed by atoms with E-state index in [-0.39, 0.29) is 0 Å². The average Bonchev–Trinajstić information content (AvgIpc) is 2.47. The van der Waals surface area contributed by atoms with Gasteiger partial charge in [0.1, 0.15) is 18.1 Å². The number of fused-ring (bicyclic) bond motifs is 1. The van der Waals surface area contributed by atoms with Crippen LogP contribution in [0.1, 0.15) is 4.88 Å². The van der Waals surface area contributed by atoms with Crippen LogP contribution in [0.25, 0.3) is 0 Å². The van der Waals surface area contributed by atoms with E-state index < -0.39 is 0 Å². The molecule has 0 saturated heterocycles. The molecule has 0 saturated carbocycles. The van der Waals surface area contributed by atoms with Crippen molar-refractivity contribution in [1.29, 1.82) is 0 Å². The smallest absolute Gasteiger partial charge is 0.187 e. The van der Waals surface area contributed by atoms with Gasteiger partial charge in [-0.3, -0.25) is 0 Å². The van der Waals surface area contributed by atoms with Gasteiger partial charge in [-0.25, -0.2) is 0 Å². The highest BCUT2D eigenvalue weighted by Crippen LogP contribution is 2.38. The summed E-state index contributed by atoms with van der Waals surface area (Å²) in [6.07, 6.45) is 5.24. The minimum Gasteiger partial charge on any atom is -0.485 e. The summed E-state index contributed by atoms with van der Waals surface area (Å²) >= 11 is 1.48. The molecule has 3 heteroatoms. The van der Waals surface area contributed by atoms with Gasteiger partial charge in [0.05, 0.1) is 0 Å². The van der Waals surface area contributed by atoms with E-state index in [4.69, 9.17) is 15.9 Å². The first kappa shape index (κ1) is 6.56. The van der Waals surface area contributed by atoms with Crippen LogP contribution < -0.4 is 9.47 Å². The Bertz CT molecular complexity index is 308. The average molecular weight is 166 g/mol. The molecule has 0 atom stereocenters. The fourth-order valence-electron chi connectivity index (χ4n) is 0.963. The summed E-state index contributed by atoms with van der Waals surface area (Å²) < 4.78 is 10.6. The normalized spacial score (nSPS) is 14.1. The molecule has 2 rings (SSSR count). The molecule has 1 aromatic rings. The fraction of sp³-hybridized carbons (Fsp3) is 0.250. The standard InChI is InChI=1S/C8H6O2S/c1-2-7-8-6(5-11-7)9-3-4-10-8/h1,5H,3-4H2. The molecule has 1 aromatic heterocycles. The number of ether oxygens (including phenoxy) is 2. The second kappa shape index (κ2) is 2.48. The number of hydrogen-bond donors (Lipinski definition) is 0. The molecule has 0 fully saturated rings. The summed E-state index contributed by atoms with van der Waals surface area (Å²) in [5.74, 6) is 4.07. The number of rotatable bonds is 0. The van der Waals surface area contributed by atoms with Gasteiger partial charge in [-0.15, -0.1) is 17.8 Å². The maximum atomic E-state index is 5.33. The number of hydrogen-bond acceptors (Lipinski definition) is 3. The van der Waals surface area contributed by atoms with Crippen molar-refractivity contribution in [2.75, 3.05) is 13.2 Å². The molecule has 1 aliphatic rings. The SMILES string of the molecule is C#Cc1scc2c1OCCO2. The Labute approximate surface area is 68.8 Å². The van der Waals surface area contributed by atoms with Crippen molar-refractivity contribution in [3.8, 4) is 23.8 Å². The monoisotopic (exact) mass is 166 g/mol. The summed E-state index contributed by atoms with van der Waals surface area (Å²) in [6.45, 7) is 1.21. The molecular weight excluding hydrogens is 160 g/mol. The molecule has 2 nitrogen and oxygen atoms in total. The lowest BCUT2D eigenvalue weighted by atomic mass is 10.4. The highest BCUT2D eigenvalue weighted by Gasteiger charge is 2.16. The van der Waals surface area contributed by atoms with Gasteiger partial charge in [0.2, 0.25) is 0 Å². The lowest BCUT2D eigenvalue weighted by molar-refractivity contribution is 0.173. The van der Waals surface area contributed by atoms with E-state index in [2.05, 4.69) is 5.92 Å². The lowest BCUT2D eigenvalue weighted by Gasteiger charge is -2.14. The third-order valence-corrected chi connectivity index (χ3v) is 2.30. The van der Waals surface area contributed by atoms with Crippen LogP contribution in [0.2, 0.25) is 0 Å². The van der Waals surface area contributed by atoms with Crippen LogP contribution in [0.5, 0.6) is 11.5 Å². The van der Waals surface area contributed by atoms with E-state index in [1.807, 2.05) is 5.38 Å². The van der Waals surface area contributed by atoms with Crippen LogP contribution in [-0.4, -0.2) is 13.2 Å². The maximum absolute atomic E-state index is 5.33. The highest BCUT2D eigenvalue weighted by molar-refractivity contribution is 7.11. The van der Waals surface area contributed by atoms with Crippen LogP contribution in [0.4, 0.5) is 0 Å². The third-order valence-electron chi connectivity index (χ3n) is 1.43. The Kier molecular flexibility index (Phi) is 1.48. The van der Waals surface area contributed by atoms with E-state index in [0.717, 1.165) is 16.4 Å². The van der Waals surface area contributed by atoms with Crippen LogP contribution >= 0.6 is 11.3 Å². The molecule has 0 spiro atoms. The molecule has 0 aliphatic carbocycles. The van der Waals surface area contributed by atoms with E-state index >= 15 is 0 Å². The van der Waals surface area contributed by atoms with E-state index in [1.165, 1.54) is 11.3 Å². The molecule has 0 N–H and O–H groups in total. The van der Waals surface area contributed by atoms with Crippen LogP contribution in [0.3, 0.4) is 0 Å². The Morgan fingerprint density at radius 2 is 2.27 bits per heavy atom. The molecule has 56 valence electrons. The Morgan fingerprint density at radius 3 is 3.09 bits per heavy atom. The molecular formula is C8H6O2S. The molecule has 2 heterocycles. The Morgan fingerprint density at radius 1 is 1.45 bits per heavy atom. The molecule has 0 aromatic carbocycles. The second-order valence-corrected chi connectivity index (χ2v) is 2.98. The minimum absolute atomic E-state index is 0.596. The van der Waals surface area contributed by atoms with Crippen LogP contribution in [0, 0.1) is 12.3 Å². The van der Waals surface area contributed by atoms with Crippen LogP contribution in [0.15, 0.2) is 5.38 Å². The molecule has 11 heavy (non-hydrogen) atoms. The van der Waals surface area contributed by atoms with Gasteiger partial charge in [0.15, 0.2) is 11.5 Å². The first-order chi connectivity index (χ1) is 5.42. The van der Waals surface area contributed by atoms with Gasteiger partial charge in [-0.05, 0) is 0 Å². The third kappa shape index (κ3) is 0.958. The molecule has 0 unspecified atom stereocenters. The second-order valence-electron chi connectivity index (χ2n) is 2.10. The molecule has 0 amide bonds. The zero-order valence-electron chi connectivity index (χ0n) is 5.79. The fourth-order valence-corrected chi connectivity index (χ4v) is 1.70. The predicted octanol–water partition coefficient (Wildman–Crippen LogP) is 1.50. The van der Waals surface area contributed by atoms with Gasteiger partial charge in [-0.2, -0.15) is 0 Å². The quantitative estimate of drug-likeness (QED) is 0.544. The van der Waals surface area contributed by atoms with Gasteiger partial charge >= 0.3 is 0 Å². The zero-order valence-corrected chi connectivity index (χ0v) is 6.61. The van der Waals surface area contributed by atoms with Gasteiger partial charge in [0, 0.05) is 5.38 Å². The topological polar surface area (TPSA) is 18.5 Å². The maximum Gasteiger partial charge on any atom is 0.187 e. The van der Waals surface area contributed by atoms with Gasteiger partial charge in [-0.1, -0.05) is 5.92 Å². The first-order valence-electron chi connectivity index (χ1n) is 3.25. The summed E-state index contributed by atoms with van der Waals surface area (Å²) in [5, 5.41) is 1.88. The van der Waals surface area contributed by atoms with Crippen LogP contribution in [-0.2, 0) is 0 Å². The predicted molar refractivity (Wildman–Crippen MR) is 43.2 cm³/mol.